The molecule has 4 heteroatoms. The van der Waals surface area contributed by atoms with Crippen molar-refractivity contribution in [1.82, 2.24) is 10.2 Å². The highest BCUT2D eigenvalue weighted by atomic mass is 16.3. The monoisotopic (exact) mass is 212 g/mol. The number of nitrogens with one attached hydrogen (secondary N) is 1. The molecule has 2 atom stereocenters. The van der Waals surface area contributed by atoms with Gasteiger partial charge in [-0.1, -0.05) is 6.92 Å². The normalized spacial score (nSPS) is 36.1. The summed E-state index contributed by atoms with van der Waals surface area (Å²) in [5, 5.41) is 12.7. The van der Waals surface area contributed by atoms with Crippen LogP contribution in [0.15, 0.2) is 0 Å². The summed E-state index contributed by atoms with van der Waals surface area (Å²) in [7, 11) is 0. The van der Waals surface area contributed by atoms with E-state index in [0.29, 0.717) is 6.54 Å². The lowest BCUT2D eigenvalue weighted by molar-refractivity contribution is -0.140. The second-order valence-electron chi connectivity index (χ2n) is 4.75. The van der Waals surface area contributed by atoms with Crippen LogP contribution < -0.4 is 5.32 Å². The number of β-amino-alcohol motifs (C(OH)–C–C–N with tert-alkyl or cyclic N) is 1. The van der Waals surface area contributed by atoms with Gasteiger partial charge in [-0.05, 0) is 25.8 Å². The van der Waals surface area contributed by atoms with Crippen molar-refractivity contribution >= 4 is 5.91 Å². The molecule has 2 N–H and O–H groups in total. The Bertz CT molecular complexity index is 249. The summed E-state index contributed by atoms with van der Waals surface area (Å²) in [5.41, 5.74) is -0.190. The van der Waals surface area contributed by atoms with Crippen LogP contribution in [0.3, 0.4) is 0 Å². The van der Waals surface area contributed by atoms with Crippen molar-refractivity contribution in [2.24, 2.45) is 5.41 Å². The van der Waals surface area contributed by atoms with E-state index >= 15 is 0 Å². The van der Waals surface area contributed by atoms with Gasteiger partial charge in [0.2, 0.25) is 5.91 Å². The molecule has 4 nitrogen and oxygen atoms in total. The van der Waals surface area contributed by atoms with Crippen LogP contribution in [0.5, 0.6) is 0 Å². The van der Waals surface area contributed by atoms with E-state index in [0.717, 1.165) is 38.9 Å². The molecule has 0 bridgehead atoms. The molecule has 0 aromatic heterocycles. The van der Waals surface area contributed by atoms with Crippen LogP contribution in [0.2, 0.25) is 0 Å². The minimum absolute atomic E-state index is 0.190. The predicted molar refractivity (Wildman–Crippen MR) is 57.4 cm³/mol. The number of aliphatic hydroxyl groups excluding tert-OH is 1. The standard InChI is InChI=1S/C11H20N2O2/c1-2-11(4-5-12-8-11)10(15)13-6-3-9(14)7-13/h9,12,14H,2-8H2,1H3/t9-,11?/m0/s1. The van der Waals surface area contributed by atoms with Gasteiger partial charge in [0, 0.05) is 19.6 Å². The maximum Gasteiger partial charge on any atom is 0.230 e. The smallest absolute Gasteiger partial charge is 0.230 e. The average Bonchev–Trinajstić information content (AvgIpc) is 2.86. The Labute approximate surface area is 90.6 Å². The highest BCUT2D eigenvalue weighted by Gasteiger charge is 2.43. The van der Waals surface area contributed by atoms with Crippen molar-refractivity contribution in [3.8, 4) is 0 Å². The summed E-state index contributed by atoms with van der Waals surface area (Å²) in [6, 6.07) is 0. The molecular weight excluding hydrogens is 192 g/mol. The molecule has 1 unspecified atom stereocenters. The van der Waals surface area contributed by atoms with Gasteiger partial charge in [-0.3, -0.25) is 4.79 Å². The molecule has 0 aliphatic carbocycles. The number of aliphatic hydroxyl groups is 1. The van der Waals surface area contributed by atoms with E-state index in [2.05, 4.69) is 12.2 Å². The van der Waals surface area contributed by atoms with Gasteiger partial charge < -0.3 is 15.3 Å². The molecule has 0 aromatic rings. The summed E-state index contributed by atoms with van der Waals surface area (Å²) < 4.78 is 0. The zero-order chi connectivity index (χ0) is 10.9. The van der Waals surface area contributed by atoms with Crippen LogP contribution in [0.1, 0.15) is 26.2 Å². The third-order valence-electron chi connectivity index (χ3n) is 3.82. The number of hydrogen-bond acceptors (Lipinski definition) is 3. The van der Waals surface area contributed by atoms with E-state index < -0.39 is 0 Å². The molecule has 0 spiro atoms. The quantitative estimate of drug-likeness (QED) is 0.676. The Hall–Kier alpha value is -0.610. The van der Waals surface area contributed by atoms with Gasteiger partial charge in [-0.25, -0.2) is 0 Å². The van der Waals surface area contributed by atoms with Gasteiger partial charge in [0.05, 0.1) is 11.5 Å². The van der Waals surface area contributed by atoms with Gasteiger partial charge in [-0.2, -0.15) is 0 Å². The number of carbonyl (C=O) groups is 1. The maximum absolute atomic E-state index is 12.3. The molecule has 86 valence electrons. The van der Waals surface area contributed by atoms with Crippen LogP contribution in [0.25, 0.3) is 0 Å². The Kier molecular flexibility index (Phi) is 2.98. The van der Waals surface area contributed by atoms with Crippen LogP contribution in [-0.4, -0.2) is 48.2 Å². The molecule has 2 aliphatic rings. The lowest BCUT2D eigenvalue weighted by atomic mass is 9.83. The van der Waals surface area contributed by atoms with Crippen molar-refractivity contribution < 1.29 is 9.90 Å². The number of likely N-dealkylation sites (tertiary alicyclic amines) is 1. The molecule has 2 saturated heterocycles. The Balaban J connectivity index is 2.05. The van der Waals surface area contributed by atoms with Crippen LogP contribution in [0.4, 0.5) is 0 Å². The van der Waals surface area contributed by atoms with Gasteiger partial charge in [0.15, 0.2) is 0 Å². The largest absolute Gasteiger partial charge is 0.391 e. The Morgan fingerprint density at radius 1 is 1.67 bits per heavy atom. The third kappa shape index (κ3) is 1.88. The first kappa shape index (κ1) is 10.9. The van der Waals surface area contributed by atoms with Gasteiger partial charge >= 0.3 is 0 Å². The lowest BCUT2D eigenvalue weighted by Crippen LogP contribution is -2.44. The van der Waals surface area contributed by atoms with Crippen molar-refractivity contribution in [2.45, 2.75) is 32.3 Å². The SMILES string of the molecule is CCC1(C(=O)N2CC[C@H](O)C2)CCNC1. The van der Waals surface area contributed by atoms with Crippen LogP contribution >= 0.6 is 0 Å². The fourth-order valence-electron chi connectivity index (χ4n) is 2.64. The van der Waals surface area contributed by atoms with E-state index in [-0.39, 0.29) is 17.4 Å². The first-order valence-corrected chi connectivity index (χ1v) is 5.86. The molecule has 0 saturated carbocycles. The molecule has 2 aliphatic heterocycles. The maximum atomic E-state index is 12.3. The van der Waals surface area contributed by atoms with Crippen molar-refractivity contribution in [3.05, 3.63) is 0 Å². The van der Waals surface area contributed by atoms with E-state index in [1.807, 2.05) is 4.90 Å². The van der Waals surface area contributed by atoms with Crippen LogP contribution in [0, 0.1) is 5.41 Å². The molecule has 0 aromatic carbocycles. The summed E-state index contributed by atoms with van der Waals surface area (Å²) in [5.74, 6) is 0.242. The number of amides is 1. The molecular formula is C11H20N2O2. The van der Waals surface area contributed by atoms with Gasteiger partial charge in [0.25, 0.3) is 0 Å². The number of nitrogens with zero attached hydrogens (tertiary/aromatic N) is 1. The van der Waals surface area contributed by atoms with Crippen molar-refractivity contribution in [2.75, 3.05) is 26.2 Å². The Morgan fingerprint density at radius 2 is 2.47 bits per heavy atom. The van der Waals surface area contributed by atoms with E-state index in [1.165, 1.54) is 0 Å². The summed E-state index contributed by atoms with van der Waals surface area (Å²) in [6.45, 7) is 5.07. The average molecular weight is 212 g/mol. The topological polar surface area (TPSA) is 52.6 Å². The number of carbonyl (C=O) groups excluding carboxylic acids is 1. The highest BCUT2D eigenvalue weighted by molar-refractivity contribution is 5.83. The molecule has 2 heterocycles. The minimum atomic E-state index is -0.308. The molecule has 2 fully saturated rings. The lowest BCUT2D eigenvalue weighted by Gasteiger charge is -2.30. The molecule has 1 amide bonds. The first-order chi connectivity index (χ1) is 7.18. The first-order valence-electron chi connectivity index (χ1n) is 5.86. The second kappa shape index (κ2) is 4.10. The van der Waals surface area contributed by atoms with Crippen molar-refractivity contribution in [3.63, 3.8) is 0 Å². The van der Waals surface area contributed by atoms with Crippen molar-refractivity contribution in [1.29, 1.82) is 0 Å². The van der Waals surface area contributed by atoms with E-state index in [1.54, 1.807) is 0 Å². The zero-order valence-electron chi connectivity index (χ0n) is 9.33. The molecule has 15 heavy (non-hydrogen) atoms. The zero-order valence-corrected chi connectivity index (χ0v) is 9.33. The number of rotatable bonds is 2. The fraction of sp³-hybridized carbons (Fsp3) is 0.909. The highest BCUT2D eigenvalue weighted by Crippen LogP contribution is 2.32. The molecule has 2 rings (SSSR count). The van der Waals surface area contributed by atoms with E-state index in [4.69, 9.17) is 0 Å². The summed E-state index contributed by atoms with van der Waals surface area (Å²) in [6.07, 6.45) is 2.26. The van der Waals surface area contributed by atoms with Gasteiger partial charge in [-0.15, -0.1) is 0 Å². The number of hydrogen-bond donors (Lipinski definition) is 2. The van der Waals surface area contributed by atoms with Gasteiger partial charge in [0.1, 0.15) is 0 Å². The van der Waals surface area contributed by atoms with Crippen LogP contribution in [-0.2, 0) is 4.79 Å². The van der Waals surface area contributed by atoms with E-state index in [9.17, 15) is 9.90 Å². The Morgan fingerprint density at radius 3 is 2.93 bits per heavy atom. The fourth-order valence-corrected chi connectivity index (χ4v) is 2.64. The second-order valence-corrected chi connectivity index (χ2v) is 4.75. The summed E-state index contributed by atoms with van der Waals surface area (Å²) in [4.78, 5) is 14.2. The summed E-state index contributed by atoms with van der Waals surface area (Å²) >= 11 is 0. The third-order valence-corrected chi connectivity index (χ3v) is 3.82. The molecule has 0 radical (unpaired) electrons. The predicted octanol–water partition coefficient (Wildman–Crippen LogP) is -0.0307. The minimum Gasteiger partial charge on any atom is -0.391 e.